The number of nitrogens with zero attached hydrogens (tertiary/aromatic N) is 3. The zero-order valence-electron chi connectivity index (χ0n) is 18.1. The minimum absolute atomic E-state index is 0.143. The summed E-state index contributed by atoms with van der Waals surface area (Å²) in [6.07, 6.45) is 8.47. The van der Waals surface area contributed by atoms with Crippen LogP contribution in [0, 0.1) is 5.41 Å². The van der Waals surface area contributed by atoms with E-state index in [4.69, 9.17) is 0 Å². The van der Waals surface area contributed by atoms with Gasteiger partial charge in [0.2, 0.25) is 0 Å². The molecule has 166 valence electrons. The van der Waals surface area contributed by atoms with E-state index in [1.165, 1.54) is 0 Å². The van der Waals surface area contributed by atoms with Gasteiger partial charge in [-0.25, -0.2) is 9.37 Å². The van der Waals surface area contributed by atoms with Crippen molar-refractivity contribution in [3.63, 3.8) is 0 Å². The fourth-order valence-corrected chi connectivity index (χ4v) is 6.03. The van der Waals surface area contributed by atoms with E-state index in [2.05, 4.69) is 9.88 Å². The maximum Gasteiger partial charge on any atom is 0.253 e. The summed E-state index contributed by atoms with van der Waals surface area (Å²) < 4.78 is 16.3. The summed E-state index contributed by atoms with van der Waals surface area (Å²) in [4.78, 5) is 19.6. The van der Waals surface area contributed by atoms with E-state index in [0.717, 1.165) is 44.2 Å². The molecule has 0 amide bonds. The monoisotopic (exact) mass is 425 g/mol. The SMILES string of the molecule is O=c1cc(-c2ccccc2)ncn1C[C@]1(O)CCN(CC2(F)CCC2)CC12CCCC2. The Labute approximate surface area is 182 Å². The van der Waals surface area contributed by atoms with E-state index in [9.17, 15) is 14.3 Å². The van der Waals surface area contributed by atoms with Crippen molar-refractivity contribution < 1.29 is 9.50 Å². The van der Waals surface area contributed by atoms with E-state index in [1.54, 1.807) is 17.0 Å². The molecule has 31 heavy (non-hydrogen) atoms. The molecule has 0 radical (unpaired) electrons. The minimum Gasteiger partial charge on any atom is -0.387 e. The summed E-state index contributed by atoms with van der Waals surface area (Å²) in [5.74, 6) is 0. The van der Waals surface area contributed by atoms with Crippen LogP contribution in [0.1, 0.15) is 51.4 Å². The van der Waals surface area contributed by atoms with Crippen molar-refractivity contribution in [2.45, 2.75) is 69.2 Å². The van der Waals surface area contributed by atoms with Crippen LogP contribution in [-0.2, 0) is 6.54 Å². The van der Waals surface area contributed by atoms with E-state index in [1.807, 2.05) is 30.3 Å². The summed E-state index contributed by atoms with van der Waals surface area (Å²) in [6.45, 7) is 2.13. The molecule has 3 aliphatic rings. The van der Waals surface area contributed by atoms with Gasteiger partial charge in [0.15, 0.2) is 0 Å². The second-order valence-corrected chi connectivity index (χ2v) is 10.1. The van der Waals surface area contributed by atoms with Crippen molar-refractivity contribution >= 4 is 0 Å². The smallest absolute Gasteiger partial charge is 0.253 e. The van der Waals surface area contributed by atoms with Crippen LogP contribution in [0.2, 0.25) is 0 Å². The van der Waals surface area contributed by atoms with Crippen molar-refractivity contribution in [2.24, 2.45) is 5.41 Å². The van der Waals surface area contributed by atoms with Crippen LogP contribution >= 0.6 is 0 Å². The molecular weight excluding hydrogens is 393 g/mol. The molecule has 2 aliphatic carbocycles. The summed E-state index contributed by atoms with van der Waals surface area (Å²) in [5, 5.41) is 11.9. The molecule has 0 bridgehead atoms. The van der Waals surface area contributed by atoms with Crippen LogP contribution in [0.15, 0.2) is 47.5 Å². The van der Waals surface area contributed by atoms with Gasteiger partial charge in [0, 0.05) is 36.7 Å². The first-order valence-electron chi connectivity index (χ1n) is 11.7. The molecule has 1 aromatic heterocycles. The Balaban J connectivity index is 1.37. The Hall–Kier alpha value is -2.05. The van der Waals surface area contributed by atoms with Gasteiger partial charge in [0.25, 0.3) is 5.56 Å². The van der Waals surface area contributed by atoms with Crippen molar-refractivity contribution in [3.8, 4) is 11.3 Å². The van der Waals surface area contributed by atoms with E-state index in [-0.39, 0.29) is 17.5 Å². The number of likely N-dealkylation sites (tertiary alicyclic amines) is 1. The Bertz CT molecular complexity index is 982. The first kappa shape index (κ1) is 20.8. The number of halogens is 1. The third kappa shape index (κ3) is 3.85. The topological polar surface area (TPSA) is 58.4 Å². The molecule has 1 atom stereocenters. The normalized spacial score (nSPS) is 27.3. The first-order chi connectivity index (χ1) is 14.9. The van der Waals surface area contributed by atoms with Crippen molar-refractivity contribution in [3.05, 3.63) is 53.1 Å². The van der Waals surface area contributed by atoms with Gasteiger partial charge in [-0.05, 0) is 38.5 Å². The maximum atomic E-state index is 14.8. The van der Waals surface area contributed by atoms with Gasteiger partial charge in [-0.15, -0.1) is 0 Å². The van der Waals surface area contributed by atoms with Crippen molar-refractivity contribution in [2.75, 3.05) is 19.6 Å². The number of benzene rings is 1. The van der Waals surface area contributed by atoms with E-state index < -0.39 is 11.3 Å². The van der Waals surface area contributed by atoms with Crippen molar-refractivity contribution in [1.82, 2.24) is 14.5 Å². The highest BCUT2D eigenvalue weighted by Crippen LogP contribution is 2.52. The molecule has 1 saturated heterocycles. The van der Waals surface area contributed by atoms with Gasteiger partial charge in [-0.2, -0.15) is 0 Å². The minimum atomic E-state index is -1.04. The largest absolute Gasteiger partial charge is 0.387 e. The van der Waals surface area contributed by atoms with E-state index in [0.29, 0.717) is 38.0 Å². The number of rotatable bonds is 5. The number of hydrogen-bond acceptors (Lipinski definition) is 4. The lowest BCUT2D eigenvalue weighted by atomic mass is 9.65. The number of aromatic nitrogens is 2. The average Bonchev–Trinajstić information content (AvgIpc) is 3.22. The highest BCUT2D eigenvalue weighted by molar-refractivity contribution is 5.57. The lowest BCUT2D eigenvalue weighted by molar-refractivity contribution is -0.151. The van der Waals surface area contributed by atoms with Crippen LogP contribution in [0.25, 0.3) is 11.3 Å². The van der Waals surface area contributed by atoms with Gasteiger partial charge >= 0.3 is 0 Å². The third-order valence-corrected chi connectivity index (χ3v) is 8.05. The standard InChI is InChI=1S/C25H32FN3O2/c26-24(11-6-12-24)17-28-14-13-25(31,23(16-28)9-4-5-10-23)18-29-19-27-21(15-22(29)30)20-7-2-1-3-8-20/h1-3,7-8,15,19,31H,4-6,9-14,16-18H2/t25-/m1/s1. The van der Waals surface area contributed by atoms with Gasteiger partial charge in [0.1, 0.15) is 5.67 Å². The molecular formula is C25H32FN3O2. The molecule has 3 fully saturated rings. The highest BCUT2D eigenvalue weighted by atomic mass is 19.1. The summed E-state index contributed by atoms with van der Waals surface area (Å²) in [7, 11) is 0. The van der Waals surface area contributed by atoms with E-state index >= 15 is 0 Å². The molecule has 1 aromatic carbocycles. The Morgan fingerprint density at radius 1 is 1.00 bits per heavy atom. The highest BCUT2D eigenvalue weighted by Gasteiger charge is 2.55. The second-order valence-electron chi connectivity index (χ2n) is 10.1. The van der Waals surface area contributed by atoms with Gasteiger partial charge < -0.3 is 5.11 Å². The maximum absolute atomic E-state index is 14.8. The van der Waals surface area contributed by atoms with Gasteiger partial charge in [-0.3, -0.25) is 14.3 Å². The fourth-order valence-electron chi connectivity index (χ4n) is 6.03. The fraction of sp³-hybridized carbons (Fsp3) is 0.600. The summed E-state index contributed by atoms with van der Waals surface area (Å²) in [5.41, 5.74) is -0.875. The number of aliphatic hydroxyl groups is 1. The zero-order valence-corrected chi connectivity index (χ0v) is 18.1. The molecule has 5 nitrogen and oxygen atoms in total. The second kappa shape index (κ2) is 7.82. The summed E-state index contributed by atoms with van der Waals surface area (Å²) >= 11 is 0. The molecule has 5 rings (SSSR count). The van der Waals surface area contributed by atoms with Gasteiger partial charge in [-0.1, -0.05) is 43.2 Å². The lowest BCUT2D eigenvalue weighted by Crippen LogP contribution is -2.63. The molecule has 1 aliphatic heterocycles. The predicted molar refractivity (Wildman–Crippen MR) is 119 cm³/mol. The number of hydrogen-bond donors (Lipinski definition) is 1. The molecule has 1 spiro atoms. The molecule has 6 heteroatoms. The zero-order chi connectivity index (χ0) is 21.5. The van der Waals surface area contributed by atoms with Crippen LogP contribution in [-0.4, -0.2) is 50.5 Å². The predicted octanol–water partition coefficient (Wildman–Crippen LogP) is 3.80. The number of alkyl halides is 1. The first-order valence-corrected chi connectivity index (χ1v) is 11.7. The summed E-state index contributed by atoms with van der Waals surface area (Å²) in [6, 6.07) is 11.2. The molecule has 0 unspecified atom stereocenters. The number of piperidine rings is 1. The molecule has 2 heterocycles. The van der Waals surface area contributed by atoms with Crippen LogP contribution in [0.5, 0.6) is 0 Å². The quantitative estimate of drug-likeness (QED) is 0.792. The van der Waals surface area contributed by atoms with Crippen LogP contribution in [0.3, 0.4) is 0 Å². The Morgan fingerprint density at radius 3 is 2.39 bits per heavy atom. The van der Waals surface area contributed by atoms with Crippen LogP contribution < -0.4 is 5.56 Å². The molecule has 2 saturated carbocycles. The third-order valence-electron chi connectivity index (χ3n) is 8.05. The van der Waals surface area contributed by atoms with Gasteiger partial charge in [0.05, 0.1) is 24.2 Å². The Morgan fingerprint density at radius 2 is 1.74 bits per heavy atom. The molecule has 1 N–H and O–H groups in total. The lowest BCUT2D eigenvalue weighted by Gasteiger charge is -2.54. The molecule has 2 aromatic rings. The van der Waals surface area contributed by atoms with Crippen LogP contribution in [0.4, 0.5) is 4.39 Å². The Kier molecular flexibility index (Phi) is 5.25. The van der Waals surface area contributed by atoms with Crippen molar-refractivity contribution in [1.29, 1.82) is 0 Å². The average molecular weight is 426 g/mol.